The minimum atomic E-state index is -0.390. The molecule has 0 spiro atoms. The highest BCUT2D eigenvalue weighted by Gasteiger charge is 2.00. The fourth-order valence-corrected chi connectivity index (χ4v) is 1.41. The second-order valence-electron chi connectivity index (χ2n) is 3.63. The molecule has 0 saturated carbocycles. The SMILES string of the molecule is NC(=O)C1=CNCC=C1.Nc1ncnc2nc[nH]c12. The lowest BCUT2D eigenvalue weighted by molar-refractivity contribution is -0.114. The molecule has 1 aliphatic heterocycles. The molecule has 98 valence electrons. The number of anilines is 1. The Bertz CT molecular complexity index is 643. The number of H-pyrrole nitrogens is 1. The van der Waals surface area contributed by atoms with Crippen LogP contribution in [0.1, 0.15) is 0 Å². The van der Waals surface area contributed by atoms with Gasteiger partial charge in [-0.25, -0.2) is 15.0 Å². The van der Waals surface area contributed by atoms with E-state index in [0.29, 0.717) is 22.6 Å². The molecule has 0 radical (unpaired) electrons. The average molecular weight is 259 g/mol. The normalized spacial score (nSPS) is 13.2. The lowest BCUT2D eigenvalue weighted by Crippen LogP contribution is -2.19. The number of nitrogens with one attached hydrogen (secondary N) is 2. The lowest BCUT2D eigenvalue weighted by atomic mass is 10.2. The molecular weight excluding hydrogens is 246 g/mol. The van der Waals surface area contributed by atoms with Crippen LogP contribution in [0.5, 0.6) is 0 Å². The maximum Gasteiger partial charge on any atom is 0.250 e. The van der Waals surface area contributed by atoms with Crippen molar-refractivity contribution < 1.29 is 4.79 Å². The average Bonchev–Trinajstić information content (AvgIpc) is 2.90. The summed E-state index contributed by atoms with van der Waals surface area (Å²) in [5, 5.41) is 2.87. The number of carbonyl (C=O) groups excluding carboxylic acids is 1. The predicted octanol–water partition coefficient (Wildman–Crippen LogP) is -0.550. The van der Waals surface area contributed by atoms with Crippen molar-refractivity contribution in [1.29, 1.82) is 0 Å². The van der Waals surface area contributed by atoms with Crippen molar-refractivity contribution in [3.63, 3.8) is 0 Å². The minimum absolute atomic E-state index is 0.390. The molecule has 3 heterocycles. The third-order valence-corrected chi connectivity index (χ3v) is 2.33. The number of primary amides is 1. The Kier molecular flexibility index (Phi) is 3.72. The van der Waals surface area contributed by atoms with E-state index in [2.05, 4.69) is 25.3 Å². The number of rotatable bonds is 1. The molecule has 0 saturated heterocycles. The summed E-state index contributed by atoms with van der Waals surface area (Å²) in [5.41, 5.74) is 12.3. The zero-order valence-electron chi connectivity index (χ0n) is 10.00. The van der Waals surface area contributed by atoms with Crippen LogP contribution in [0.25, 0.3) is 11.2 Å². The number of hydrogen-bond donors (Lipinski definition) is 4. The largest absolute Gasteiger partial charge is 0.387 e. The number of aromatic amines is 1. The van der Waals surface area contributed by atoms with Crippen molar-refractivity contribution in [3.8, 4) is 0 Å². The van der Waals surface area contributed by atoms with Gasteiger partial charge in [0.25, 0.3) is 0 Å². The van der Waals surface area contributed by atoms with Gasteiger partial charge in [-0.1, -0.05) is 12.2 Å². The van der Waals surface area contributed by atoms with Gasteiger partial charge in [-0.3, -0.25) is 4.79 Å². The van der Waals surface area contributed by atoms with Gasteiger partial charge in [-0.15, -0.1) is 0 Å². The van der Waals surface area contributed by atoms with Crippen LogP contribution in [0.2, 0.25) is 0 Å². The Morgan fingerprint density at radius 2 is 2.16 bits per heavy atom. The van der Waals surface area contributed by atoms with Crippen molar-refractivity contribution in [3.05, 3.63) is 36.6 Å². The molecule has 0 aromatic carbocycles. The fraction of sp³-hybridized carbons (Fsp3) is 0.0909. The minimum Gasteiger partial charge on any atom is -0.387 e. The number of carbonyl (C=O) groups is 1. The van der Waals surface area contributed by atoms with Crippen LogP contribution in [0.4, 0.5) is 5.82 Å². The number of imidazole rings is 1. The van der Waals surface area contributed by atoms with Gasteiger partial charge in [0.15, 0.2) is 11.5 Å². The first-order valence-corrected chi connectivity index (χ1v) is 5.48. The number of dihydropyridines is 1. The Morgan fingerprint density at radius 3 is 2.74 bits per heavy atom. The van der Waals surface area contributed by atoms with Gasteiger partial charge in [0.2, 0.25) is 5.91 Å². The lowest BCUT2D eigenvalue weighted by Gasteiger charge is -2.03. The van der Waals surface area contributed by atoms with E-state index in [1.807, 2.05) is 6.08 Å². The van der Waals surface area contributed by atoms with Crippen LogP contribution in [0, 0.1) is 0 Å². The van der Waals surface area contributed by atoms with E-state index in [1.54, 1.807) is 12.3 Å². The van der Waals surface area contributed by atoms with Crippen molar-refractivity contribution in [2.24, 2.45) is 5.73 Å². The number of fused-ring (bicyclic) bond motifs is 1. The number of nitrogen functional groups attached to an aromatic ring is 1. The summed E-state index contributed by atoms with van der Waals surface area (Å²) in [7, 11) is 0. The van der Waals surface area contributed by atoms with E-state index in [4.69, 9.17) is 11.5 Å². The topological polar surface area (TPSA) is 136 Å². The first kappa shape index (κ1) is 12.6. The summed E-state index contributed by atoms with van der Waals surface area (Å²) in [4.78, 5) is 24.8. The molecule has 6 N–H and O–H groups in total. The Balaban J connectivity index is 0.000000141. The van der Waals surface area contributed by atoms with Gasteiger partial charge in [-0.2, -0.15) is 0 Å². The monoisotopic (exact) mass is 259 g/mol. The Labute approximate surface area is 108 Å². The van der Waals surface area contributed by atoms with Crippen LogP contribution in [0.3, 0.4) is 0 Å². The molecular formula is C11H13N7O. The van der Waals surface area contributed by atoms with Crippen molar-refractivity contribution >= 4 is 22.9 Å². The number of aromatic nitrogens is 4. The molecule has 0 atom stereocenters. The molecule has 3 rings (SSSR count). The molecule has 0 aliphatic carbocycles. The van der Waals surface area contributed by atoms with Crippen molar-refractivity contribution in [2.75, 3.05) is 12.3 Å². The third-order valence-electron chi connectivity index (χ3n) is 2.33. The van der Waals surface area contributed by atoms with Crippen LogP contribution >= 0.6 is 0 Å². The fourth-order valence-electron chi connectivity index (χ4n) is 1.41. The van der Waals surface area contributed by atoms with E-state index < -0.39 is 5.91 Å². The molecule has 1 aliphatic rings. The maximum absolute atomic E-state index is 10.4. The smallest absolute Gasteiger partial charge is 0.250 e. The number of hydrogen-bond acceptors (Lipinski definition) is 6. The first-order chi connectivity index (χ1) is 9.18. The summed E-state index contributed by atoms with van der Waals surface area (Å²) < 4.78 is 0. The second kappa shape index (κ2) is 5.63. The summed E-state index contributed by atoms with van der Waals surface area (Å²) in [6.07, 6.45) is 8.09. The molecule has 0 unspecified atom stereocenters. The predicted molar refractivity (Wildman–Crippen MR) is 70.5 cm³/mol. The van der Waals surface area contributed by atoms with E-state index in [1.165, 1.54) is 12.7 Å². The van der Waals surface area contributed by atoms with Crippen LogP contribution in [-0.2, 0) is 4.79 Å². The highest BCUT2D eigenvalue weighted by atomic mass is 16.1. The first-order valence-electron chi connectivity index (χ1n) is 5.48. The standard InChI is InChI=1S/C6H8N2O.C5H5N5/c7-6(9)5-2-1-3-8-4-5;6-4-3-5(9-1-7-3)10-2-8-4/h1-2,4,8H,3H2,(H2,7,9);1-2H,(H3,6,7,8,9,10). The van der Waals surface area contributed by atoms with Gasteiger partial charge in [0, 0.05) is 12.7 Å². The molecule has 8 nitrogen and oxygen atoms in total. The Hall–Kier alpha value is -2.90. The Morgan fingerprint density at radius 1 is 1.32 bits per heavy atom. The van der Waals surface area contributed by atoms with E-state index >= 15 is 0 Å². The molecule has 0 bridgehead atoms. The highest BCUT2D eigenvalue weighted by molar-refractivity contribution is 5.94. The molecule has 0 fully saturated rings. The summed E-state index contributed by atoms with van der Waals surface area (Å²) in [6.45, 7) is 0.775. The maximum atomic E-state index is 10.4. The highest BCUT2D eigenvalue weighted by Crippen LogP contribution is 2.09. The van der Waals surface area contributed by atoms with Gasteiger partial charge in [0.1, 0.15) is 11.8 Å². The summed E-state index contributed by atoms with van der Waals surface area (Å²) >= 11 is 0. The van der Waals surface area contributed by atoms with Crippen LogP contribution in [0.15, 0.2) is 36.6 Å². The van der Waals surface area contributed by atoms with Crippen molar-refractivity contribution in [2.45, 2.75) is 0 Å². The molecule has 1 amide bonds. The molecule has 2 aromatic heterocycles. The van der Waals surface area contributed by atoms with Crippen LogP contribution in [-0.4, -0.2) is 32.4 Å². The van der Waals surface area contributed by atoms with Gasteiger partial charge >= 0.3 is 0 Å². The quantitative estimate of drug-likeness (QED) is 0.542. The van der Waals surface area contributed by atoms with Crippen LogP contribution < -0.4 is 16.8 Å². The summed E-state index contributed by atoms with van der Waals surface area (Å²) in [5.74, 6) is 0.0425. The van der Waals surface area contributed by atoms with Gasteiger partial charge in [-0.05, 0) is 0 Å². The zero-order valence-corrected chi connectivity index (χ0v) is 10.00. The molecule has 19 heavy (non-hydrogen) atoms. The number of nitrogens with two attached hydrogens (primary N) is 2. The van der Waals surface area contributed by atoms with Gasteiger partial charge in [0.05, 0.1) is 11.9 Å². The number of nitrogens with zero attached hydrogens (tertiary/aromatic N) is 3. The van der Waals surface area contributed by atoms with E-state index in [-0.39, 0.29) is 0 Å². The van der Waals surface area contributed by atoms with E-state index in [9.17, 15) is 4.79 Å². The zero-order chi connectivity index (χ0) is 13.7. The van der Waals surface area contributed by atoms with E-state index in [0.717, 1.165) is 6.54 Å². The molecule has 8 heteroatoms. The molecule has 2 aromatic rings. The van der Waals surface area contributed by atoms with Crippen molar-refractivity contribution in [1.82, 2.24) is 25.3 Å². The summed E-state index contributed by atoms with van der Waals surface area (Å²) in [6, 6.07) is 0. The second-order valence-corrected chi connectivity index (χ2v) is 3.63. The number of amides is 1. The third kappa shape index (κ3) is 3.06. The van der Waals surface area contributed by atoms with Gasteiger partial charge < -0.3 is 21.8 Å².